The van der Waals surface area contributed by atoms with Crippen molar-refractivity contribution in [2.24, 2.45) is 0 Å². The molecule has 2 aromatic rings. The van der Waals surface area contributed by atoms with Crippen LogP contribution in [0.25, 0.3) is 11.0 Å². The maximum atomic E-state index is 11.8. The molecule has 1 aromatic heterocycles. The molecule has 1 aliphatic rings. The smallest absolute Gasteiger partial charge is 0.226 e. The lowest BCUT2D eigenvalue weighted by Gasteiger charge is -2.08. The van der Waals surface area contributed by atoms with Crippen LogP contribution in [0.15, 0.2) is 24.3 Å². The summed E-state index contributed by atoms with van der Waals surface area (Å²) in [6, 6.07) is 8.24. The van der Waals surface area contributed by atoms with Crippen LogP contribution >= 0.6 is 0 Å². The van der Waals surface area contributed by atoms with Gasteiger partial charge in [-0.1, -0.05) is 12.1 Å². The van der Waals surface area contributed by atoms with Gasteiger partial charge in [-0.15, -0.1) is 0 Å². The number of nitrogens with zero attached hydrogens (tertiary/aromatic N) is 1. The zero-order valence-electron chi connectivity index (χ0n) is 10.8. The highest BCUT2D eigenvalue weighted by Gasteiger charge is 2.15. The number of aromatic nitrogens is 2. The molecule has 1 unspecified atom stereocenters. The highest BCUT2D eigenvalue weighted by molar-refractivity contribution is 5.91. The average molecular weight is 258 g/mol. The number of fused-ring (bicyclic) bond motifs is 1. The third-order valence-corrected chi connectivity index (χ3v) is 3.53. The number of rotatable bonds is 4. The van der Waals surface area contributed by atoms with Crippen molar-refractivity contribution in [2.45, 2.75) is 31.7 Å². The SMILES string of the molecule is O=C(CCC1CCCN1)Nc1nc2ccccc2[nH]1. The van der Waals surface area contributed by atoms with Gasteiger partial charge in [-0.3, -0.25) is 10.1 Å². The first-order chi connectivity index (χ1) is 9.31. The standard InChI is InChI=1S/C14H18N4O/c19-13(8-7-10-4-3-9-15-10)18-14-16-11-5-1-2-6-12(11)17-14/h1-2,5-6,10,15H,3-4,7-9H2,(H2,16,17,18,19). The van der Waals surface area contributed by atoms with E-state index in [1.165, 1.54) is 12.8 Å². The van der Waals surface area contributed by atoms with Crippen LogP contribution in [-0.2, 0) is 4.79 Å². The quantitative estimate of drug-likeness (QED) is 0.786. The molecule has 100 valence electrons. The Morgan fingerprint density at radius 3 is 3.11 bits per heavy atom. The maximum absolute atomic E-state index is 11.8. The lowest BCUT2D eigenvalue weighted by molar-refractivity contribution is -0.116. The topological polar surface area (TPSA) is 69.8 Å². The fourth-order valence-corrected chi connectivity index (χ4v) is 2.51. The Hall–Kier alpha value is -1.88. The minimum atomic E-state index is 0.0211. The molecule has 1 fully saturated rings. The Balaban J connectivity index is 1.56. The van der Waals surface area contributed by atoms with Crippen molar-refractivity contribution in [3.63, 3.8) is 0 Å². The molecule has 19 heavy (non-hydrogen) atoms. The van der Waals surface area contributed by atoms with Crippen molar-refractivity contribution >= 4 is 22.9 Å². The highest BCUT2D eigenvalue weighted by atomic mass is 16.1. The first kappa shape index (κ1) is 12.2. The first-order valence-electron chi connectivity index (χ1n) is 6.79. The molecule has 0 bridgehead atoms. The Bertz CT molecular complexity index is 539. The molecular weight excluding hydrogens is 240 g/mol. The van der Waals surface area contributed by atoms with E-state index in [1.54, 1.807) is 0 Å². The van der Waals surface area contributed by atoms with Gasteiger partial charge in [0, 0.05) is 12.5 Å². The van der Waals surface area contributed by atoms with Gasteiger partial charge in [0.25, 0.3) is 0 Å². The van der Waals surface area contributed by atoms with Gasteiger partial charge in [-0.2, -0.15) is 0 Å². The van der Waals surface area contributed by atoms with Crippen LogP contribution in [0.2, 0.25) is 0 Å². The van der Waals surface area contributed by atoms with Crippen LogP contribution in [0.1, 0.15) is 25.7 Å². The van der Waals surface area contributed by atoms with E-state index in [1.807, 2.05) is 24.3 Å². The van der Waals surface area contributed by atoms with Crippen LogP contribution in [0.5, 0.6) is 0 Å². The van der Waals surface area contributed by atoms with E-state index in [0.29, 0.717) is 18.4 Å². The second-order valence-electron chi connectivity index (χ2n) is 4.98. The molecule has 1 aromatic carbocycles. The molecule has 1 amide bonds. The maximum Gasteiger partial charge on any atom is 0.226 e. The van der Waals surface area contributed by atoms with E-state index in [9.17, 15) is 4.79 Å². The highest BCUT2D eigenvalue weighted by Crippen LogP contribution is 2.14. The number of nitrogens with one attached hydrogen (secondary N) is 3. The van der Waals surface area contributed by atoms with Crippen molar-refractivity contribution in [3.8, 4) is 0 Å². The summed E-state index contributed by atoms with van der Waals surface area (Å²) < 4.78 is 0. The van der Waals surface area contributed by atoms with Gasteiger partial charge in [0.1, 0.15) is 0 Å². The van der Waals surface area contributed by atoms with Gasteiger partial charge in [-0.05, 0) is 37.9 Å². The molecule has 0 spiro atoms. The zero-order chi connectivity index (χ0) is 13.1. The molecule has 0 saturated carbocycles. The largest absolute Gasteiger partial charge is 0.324 e. The van der Waals surface area contributed by atoms with Crippen molar-refractivity contribution in [1.82, 2.24) is 15.3 Å². The van der Waals surface area contributed by atoms with Gasteiger partial charge >= 0.3 is 0 Å². The Labute approximate surface area is 111 Å². The van der Waals surface area contributed by atoms with Crippen LogP contribution in [0, 0.1) is 0 Å². The summed E-state index contributed by atoms with van der Waals surface area (Å²) in [6.07, 6.45) is 3.83. The molecule has 0 radical (unpaired) electrons. The summed E-state index contributed by atoms with van der Waals surface area (Å²) in [5.74, 6) is 0.554. The molecule has 5 heteroatoms. The fraction of sp³-hybridized carbons (Fsp3) is 0.429. The summed E-state index contributed by atoms with van der Waals surface area (Å²) in [6.45, 7) is 1.08. The lowest BCUT2D eigenvalue weighted by Crippen LogP contribution is -2.23. The molecule has 3 rings (SSSR count). The molecule has 1 saturated heterocycles. The number of hydrogen-bond acceptors (Lipinski definition) is 3. The second-order valence-corrected chi connectivity index (χ2v) is 4.98. The van der Waals surface area contributed by atoms with Gasteiger partial charge in [0.05, 0.1) is 11.0 Å². The number of aromatic amines is 1. The predicted molar refractivity (Wildman–Crippen MR) is 75.0 cm³/mol. The van der Waals surface area contributed by atoms with Crippen LogP contribution < -0.4 is 10.6 Å². The molecule has 1 aliphatic heterocycles. The number of hydrogen-bond donors (Lipinski definition) is 3. The van der Waals surface area contributed by atoms with Gasteiger partial charge in [0.15, 0.2) is 0 Å². The number of carbonyl (C=O) groups is 1. The van der Waals surface area contributed by atoms with Crippen molar-refractivity contribution in [3.05, 3.63) is 24.3 Å². The second kappa shape index (κ2) is 5.40. The van der Waals surface area contributed by atoms with Gasteiger partial charge < -0.3 is 10.3 Å². The van der Waals surface area contributed by atoms with Gasteiger partial charge in [-0.25, -0.2) is 4.98 Å². The molecule has 3 N–H and O–H groups in total. The fourth-order valence-electron chi connectivity index (χ4n) is 2.51. The van der Waals surface area contributed by atoms with E-state index in [2.05, 4.69) is 20.6 Å². The van der Waals surface area contributed by atoms with Crippen LogP contribution in [0.3, 0.4) is 0 Å². The third kappa shape index (κ3) is 2.93. The Morgan fingerprint density at radius 2 is 2.32 bits per heavy atom. The molecular formula is C14H18N4O. The number of H-pyrrole nitrogens is 1. The first-order valence-corrected chi connectivity index (χ1v) is 6.79. The number of imidazole rings is 1. The minimum absolute atomic E-state index is 0.0211. The minimum Gasteiger partial charge on any atom is -0.324 e. The van der Waals surface area contributed by atoms with E-state index < -0.39 is 0 Å². The van der Waals surface area contributed by atoms with E-state index in [-0.39, 0.29) is 5.91 Å². The molecule has 2 heterocycles. The predicted octanol–water partition coefficient (Wildman–Crippen LogP) is 2.03. The lowest BCUT2D eigenvalue weighted by atomic mass is 10.1. The summed E-state index contributed by atoms with van der Waals surface area (Å²) in [4.78, 5) is 19.3. The Kier molecular flexibility index (Phi) is 3.46. The summed E-state index contributed by atoms with van der Waals surface area (Å²) in [5, 5.41) is 6.22. The number of carbonyl (C=O) groups excluding carboxylic acids is 1. The van der Waals surface area contributed by atoms with Crippen molar-refractivity contribution in [1.29, 1.82) is 0 Å². The molecule has 1 atom stereocenters. The van der Waals surface area contributed by atoms with E-state index in [0.717, 1.165) is 24.0 Å². The summed E-state index contributed by atoms with van der Waals surface area (Å²) in [5.41, 5.74) is 1.81. The average Bonchev–Trinajstić information content (AvgIpc) is 3.04. The van der Waals surface area contributed by atoms with Crippen LogP contribution in [-0.4, -0.2) is 28.5 Å². The summed E-state index contributed by atoms with van der Waals surface area (Å²) in [7, 11) is 0. The zero-order valence-corrected chi connectivity index (χ0v) is 10.8. The van der Waals surface area contributed by atoms with E-state index >= 15 is 0 Å². The summed E-state index contributed by atoms with van der Waals surface area (Å²) >= 11 is 0. The van der Waals surface area contributed by atoms with Crippen LogP contribution in [0.4, 0.5) is 5.95 Å². The van der Waals surface area contributed by atoms with Crippen molar-refractivity contribution < 1.29 is 4.79 Å². The number of benzene rings is 1. The van der Waals surface area contributed by atoms with Gasteiger partial charge in [0.2, 0.25) is 11.9 Å². The number of anilines is 1. The number of amides is 1. The van der Waals surface area contributed by atoms with E-state index in [4.69, 9.17) is 0 Å². The Morgan fingerprint density at radius 1 is 1.42 bits per heavy atom. The van der Waals surface area contributed by atoms with Crippen molar-refractivity contribution in [2.75, 3.05) is 11.9 Å². The normalized spacial score (nSPS) is 18.8. The number of para-hydroxylation sites is 2. The monoisotopic (exact) mass is 258 g/mol. The third-order valence-electron chi connectivity index (χ3n) is 3.53. The molecule has 0 aliphatic carbocycles. The molecule has 5 nitrogen and oxygen atoms in total.